The standard InChI is InChI=1S/C15H10F7NO3S/c1-26-12-3-2-10(16)7-13(12)27(24,25)23-11-5-8(14(17,18)19)4-9(6-11)15(20,21)22/h2-7,23H,1H3. The van der Waals surface area contributed by atoms with E-state index >= 15 is 0 Å². The highest BCUT2D eigenvalue weighted by Crippen LogP contribution is 2.38. The SMILES string of the molecule is COc1ccc(F)cc1S(=O)(=O)Nc1cc(C(F)(F)F)cc(C(F)(F)F)c1. The maximum Gasteiger partial charge on any atom is 0.416 e. The first kappa shape index (κ1) is 20.8. The molecule has 1 N–H and O–H groups in total. The van der Waals surface area contributed by atoms with Gasteiger partial charge in [0.25, 0.3) is 10.0 Å². The minimum absolute atomic E-state index is 0.152. The number of anilines is 1. The molecule has 2 rings (SSSR count). The lowest BCUT2D eigenvalue weighted by Crippen LogP contribution is -2.17. The molecule has 0 atom stereocenters. The predicted octanol–water partition coefficient (Wildman–Crippen LogP) is 4.67. The molecule has 0 heterocycles. The summed E-state index contributed by atoms with van der Waals surface area (Å²) in [6, 6.07) is 2.55. The van der Waals surface area contributed by atoms with E-state index in [1.165, 1.54) is 0 Å². The van der Waals surface area contributed by atoms with Crippen LogP contribution in [0.4, 0.5) is 36.4 Å². The van der Waals surface area contributed by atoms with Gasteiger partial charge in [0.15, 0.2) is 0 Å². The molecule has 0 saturated carbocycles. The highest BCUT2D eigenvalue weighted by Gasteiger charge is 2.37. The van der Waals surface area contributed by atoms with E-state index < -0.39 is 49.9 Å². The predicted molar refractivity (Wildman–Crippen MR) is 80.2 cm³/mol. The summed E-state index contributed by atoms with van der Waals surface area (Å²) in [5.41, 5.74) is -4.41. The van der Waals surface area contributed by atoms with Crippen LogP contribution in [0, 0.1) is 5.82 Å². The maximum absolute atomic E-state index is 13.3. The Morgan fingerprint density at radius 3 is 1.85 bits per heavy atom. The van der Waals surface area contributed by atoms with Crippen LogP contribution in [0.2, 0.25) is 0 Å². The van der Waals surface area contributed by atoms with E-state index in [2.05, 4.69) is 0 Å². The molecule has 0 fully saturated rings. The minimum Gasteiger partial charge on any atom is -0.495 e. The molecule has 0 bridgehead atoms. The van der Waals surface area contributed by atoms with Crippen molar-refractivity contribution in [2.75, 3.05) is 11.8 Å². The largest absolute Gasteiger partial charge is 0.495 e. The van der Waals surface area contributed by atoms with Gasteiger partial charge in [-0.25, -0.2) is 12.8 Å². The highest BCUT2D eigenvalue weighted by atomic mass is 32.2. The summed E-state index contributed by atoms with van der Waals surface area (Å²) in [4.78, 5) is -0.795. The molecule has 0 aliphatic rings. The van der Waals surface area contributed by atoms with E-state index in [0.717, 1.165) is 19.2 Å². The van der Waals surface area contributed by atoms with Gasteiger partial charge in [-0.05, 0) is 36.4 Å². The van der Waals surface area contributed by atoms with E-state index in [1.807, 2.05) is 0 Å². The summed E-state index contributed by atoms with van der Waals surface area (Å²) in [5, 5.41) is 0. The summed E-state index contributed by atoms with van der Waals surface area (Å²) in [5.74, 6) is -1.36. The van der Waals surface area contributed by atoms with Crippen molar-refractivity contribution in [1.82, 2.24) is 0 Å². The zero-order valence-corrected chi connectivity index (χ0v) is 14.1. The molecule has 0 spiro atoms. The average Bonchev–Trinajstić information content (AvgIpc) is 2.52. The van der Waals surface area contributed by atoms with Crippen molar-refractivity contribution in [2.45, 2.75) is 17.2 Å². The molecule has 4 nitrogen and oxygen atoms in total. The fourth-order valence-electron chi connectivity index (χ4n) is 2.08. The second-order valence-electron chi connectivity index (χ2n) is 5.20. The number of methoxy groups -OCH3 is 1. The number of benzene rings is 2. The number of nitrogens with one attached hydrogen (secondary N) is 1. The third-order valence-electron chi connectivity index (χ3n) is 3.26. The Kier molecular flexibility index (Phi) is 5.32. The molecule has 0 saturated heterocycles. The van der Waals surface area contributed by atoms with E-state index in [4.69, 9.17) is 4.74 Å². The van der Waals surface area contributed by atoms with E-state index in [9.17, 15) is 39.2 Å². The van der Waals surface area contributed by atoms with Crippen LogP contribution >= 0.6 is 0 Å². The molecular weight excluding hydrogens is 407 g/mol. The quantitative estimate of drug-likeness (QED) is 0.736. The number of ether oxygens (including phenoxy) is 1. The van der Waals surface area contributed by atoms with Crippen LogP contribution < -0.4 is 9.46 Å². The van der Waals surface area contributed by atoms with Crippen molar-refractivity contribution in [3.05, 3.63) is 53.3 Å². The topological polar surface area (TPSA) is 55.4 Å². The molecule has 0 radical (unpaired) electrons. The fourth-order valence-corrected chi connectivity index (χ4v) is 3.31. The zero-order valence-electron chi connectivity index (χ0n) is 13.2. The Balaban J connectivity index is 2.58. The zero-order chi connectivity index (χ0) is 20.6. The van der Waals surface area contributed by atoms with Gasteiger partial charge in [0.1, 0.15) is 16.5 Å². The third kappa shape index (κ3) is 4.81. The van der Waals surface area contributed by atoms with Crippen molar-refractivity contribution in [3.63, 3.8) is 0 Å². The monoisotopic (exact) mass is 417 g/mol. The summed E-state index contributed by atoms with van der Waals surface area (Å²) in [6.45, 7) is 0. The minimum atomic E-state index is -5.15. The van der Waals surface area contributed by atoms with Gasteiger partial charge in [-0.15, -0.1) is 0 Å². The van der Waals surface area contributed by atoms with Crippen LogP contribution in [0.15, 0.2) is 41.3 Å². The number of halogens is 7. The summed E-state index contributed by atoms with van der Waals surface area (Å²) < 4.78 is 121. The lowest BCUT2D eigenvalue weighted by molar-refractivity contribution is -0.143. The Morgan fingerprint density at radius 1 is 0.889 bits per heavy atom. The number of hydrogen-bond donors (Lipinski definition) is 1. The molecule has 148 valence electrons. The van der Waals surface area contributed by atoms with E-state index in [0.29, 0.717) is 6.07 Å². The molecule has 0 unspecified atom stereocenters. The molecule has 27 heavy (non-hydrogen) atoms. The van der Waals surface area contributed by atoms with Gasteiger partial charge in [-0.2, -0.15) is 26.3 Å². The van der Waals surface area contributed by atoms with Gasteiger partial charge >= 0.3 is 12.4 Å². The molecular formula is C15H10F7NO3S. The Hall–Kier alpha value is -2.50. The molecule has 12 heteroatoms. The Bertz CT molecular complexity index is 921. The number of hydrogen-bond acceptors (Lipinski definition) is 3. The Morgan fingerprint density at radius 2 is 1.41 bits per heavy atom. The first-order valence-electron chi connectivity index (χ1n) is 6.90. The average molecular weight is 417 g/mol. The lowest BCUT2D eigenvalue weighted by Gasteiger charge is -2.16. The van der Waals surface area contributed by atoms with Crippen molar-refractivity contribution in [3.8, 4) is 5.75 Å². The smallest absolute Gasteiger partial charge is 0.416 e. The van der Waals surface area contributed by atoms with E-state index in [1.54, 1.807) is 4.72 Å². The first-order valence-corrected chi connectivity index (χ1v) is 8.38. The summed E-state index contributed by atoms with van der Waals surface area (Å²) in [7, 11) is -3.70. The summed E-state index contributed by atoms with van der Waals surface area (Å²) >= 11 is 0. The second kappa shape index (κ2) is 6.91. The van der Waals surface area contributed by atoms with Crippen molar-refractivity contribution in [1.29, 1.82) is 0 Å². The van der Waals surface area contributed by atoms with Crippen LogP contribution in [-0.4, -0.2) is 15.5 Å². The number of sulfonamides is 1. The maximum atomic E-state index is 13.3. The van der Waals surface area contributed by atoms with Gasteiger partial charge in [0, 0.05) is 0 Å². The number of rotatable bonds is 4. The van der Waals surface area contributed by atoms with Gasteiger partial charge in [0.05, 0.1) is 23.9 Å². The highest BCUT2D eigenvalue weighted by molar-refractivity contribution is 7.92. The molecule has 0 aliphatic carbocycles. The van der Waals surface area contributed by atoms with Crippen LogP contribution in [0.5, 0.6) is 5.75 Å². The molecule has 2 aromatic rings. The normalized spacial score (nSPS) is 12.7. The second-order valence-corrected chi connectivity index (χ2v) is 6.85. The van der Waals surface area contributed by atoms with Crippen LogP contribution in [0.25, 0.3) is 0 Å². The third-order valence-corrected chi connectivity index (χ3v) is 4.66. The molecule has 2 aromatic carbocycles. The van der Waals surface area contributed by atoms with Gasteiger partial charge in [-0.3, -0.25) is 4.72 Å². The summed E-state index contributed by atoms with van der Waals surface area (Å²) in [6.07, 6.45) is -10.3. The fraction of sp³-hybridized carbons (Fsp3) is 0.200. The van der Waals surface area contributed by atoms with Crippen molar-refractivity contribution >= 4 is 15.7 Å². The van der Waals surface area contributed by atoms with Crippen LogP contribution in [0.3, 0.4) is 0 Å². The van der Waals surface area contributed by atoms with Crippen molar-refractivity contribution in [2.24, 2.45) is 0 Å². The Labute approximate surface area is 148 Å². The van der Waals surface area contributed by atoms with Crippen LogP contribution in [-0.2, 0) is 22.4 Å². The molecule has 0 aromatic heterocycles. The molecule has 0 aliphatic heterocycles. The molecule has 0 amide bonds. The van der Waals surface area contributed by atoms with Gasteiger partial charge in [0.2, 0.25) is 0 Å². The van der Waals surface area contributed by atoms with Gasteiger partial charge < -0.3 is 4.74 Å². The van der Waals surface area contributed by atoms with E-state index in [-0.39, 0.29) is 23.9 Å². The van der Waals surface area contributed by atoms with Crippen molar-refractivity contribution < 1.29 is 43.9 Å². The lowest BCUT2D eigenvalue weighted by atomic mass is 10.1. The van der Waals surface area contributed by atoms with Crippen LogP contribution in [0.1, 0.15) is 11.1 Å². The first-order chi connectivity index (χ1) is 12.2. The number of alkyl halides is 6. The van der Waals surface area contributed by atoms with Gasteiger partial charge in [-0.1, -0.05) is 0 Å².